The second-order valence-corrected chi connectivity index (χ2v) is 7.03. The summed E-state index contributed by atoms with van der Waals surface area (Å²) in [6.07, 6.45) is 1.07. The van der Waals surface area contributed by atoms with Crippen molar-refractivity contribution < 1.29 is 19.4 Å². The minimum Gasteiger partial charge on any atom is -0.388 e. The lowest BCUT2D eigenvalue weighted by Crippen LogP contribution is -2.42. The smallest absolute Gasteiger partial charge is 0.254 e. The van der Waals surface area contributed by atoms with Gasteiger partial charge in [-0.05, 0) is 24.1 Å². The van der Waals surface area contributed by atoms with Crippen LogP contribution in [0.4, 0.5) is 0 Å². The fourth-order valence-corrected chi connectivity index (χ4v) is 3.59. The summed E-state index contributed by atoms with van der Waals surface area (Å²) in [5.41, 5.74) is 1.54. The van der Waals surface area contributed by atoms with Crippen LogP contribution < -0.4 is 0 Å². The molecule has 148 valence electrons. The van der Waals surface area contributed by atoms with E-state index in [4.69, 9.17) is 9.84 Å². The summed E-state index contributed by atoms with van der Waals surface area (Å²) in [4.78, 5) is 32.6. The molecule has 9 heteroatoms. The number of hydrogen-bond donors (Lipinski definition) is 2. The van der Waals surface area contributed by atoms with Gasteiger partial charge in [-0.1, -0.05) is 12.1 Å². The molecular weight excluding hydrogens is 362 g/mol. The number of hydrogen-bond acceptors (Lipinski definition) is 6. The number of morpholine rings is 1. The van der Waals surface area contributed by atoms with E-state index in [-0.39, 0.29) is 18.4 Å². The number of ether oxygens (including phenoxy) is 1. The Kier molecular flexibility index (Phi) is 5.36. The molecule has 1 aromatic heterocycles. The molecule has 0 spiro atoms. The molecule has 2 aliphatic heterocycles. The number of aromatic amines is 1. The Bertz CT molecular complexity index is 868. The number of likely N-dealkylation sites (tertiary alicyclic amines) is 1. The summed E-state index contributed by atoms with van der Waals surface area (Å²) >= 11 is 0. The van der Waals surface area contributed by atoms with Gasteiger partial charge in [0.05, 0.1) is 13.2 Å². The van der Waals surface area contributed by atoms with E-state index in [0.717, 1.165) is 18.5 Å². The molecule has 2 saturated heterocycles. The Morgan fingerprint density at radius 2 is 2.25 bits per heavy atom. The lowest BCUT2D eigenvalue weighted by molar-refractivity contribution is -0.128. The molecule has 0 radical (unpaired) electrons. The van der Waals surface area contributed by atoms with E-state index in [2.05, 4.69) is 15.2 Å². The zero-order valence-corrected chi connectivity index (χ0v) is 15.5. The molecule has 0 bridgehead atoms. The molecule has 2 fully saturated rings. The highest BCUT2D eigenvalue weighted by Gasteiger charge is 2.29. The number of H-pyrrole nitrogens is 1. The average Bonchev–Trinajstić information content (AvgIpc) is 3.37. The lowest BCUT2D eigenvalue weighted by atomic mass is 10.1. The Labute approximate surface area is 162 Å². The molecule has 1 atom stereocenters. The van der Waals surface area contributed by atoms with E-state index in [1.165, 1.54) is 0 Å². The van der Waals surface area contributed by atoms with Crippen LogP contribution in [0.2, 0.25) is 0 Å². The number of carbonyl (C=O) groups is 2. The van der Waals surface area contributed by atoms with Gasteiger partial charge in [-0.3, -0.25) is 14.7 Å². The summed E-state index contributed by atoms with van der Waals surface area (Å²) in [6.45, 7) is 2.30. The van der Waals surface area contributed by atoms with Crippen molar-refractivity contribution in [1.29, 1.82) is 0 Å². The first kappa shape index (κ1) is 18.6. The van der Waals surface area contributed by atoms with Gasteiger partial charge in [0.15, 0.2) is 5.82 Å². The average molecular weight is 385 g/mol. The highest BCUT2D eigenvalue weighted by molar-refractivity contribution is 5.94. The number of benzene rings is 1. The first-order chi connectivity index (χ1) is 13.6. The molecule has 1 aromatic carbocycles. The predicted molar refractivity (Wildman–Crippen MR) is 98.0 cm³/mol. The van der Waals surface area contributed by atoms with E-state index >= 15 is 0 Å². The van der Waals surface area contributed by atoms with E-state index in [1.54, 1.807) is 11.0 Å². The molecule has 28 heavy (non-hydrogen) atoms. The second-order valence-electron chi connectivity index (χ2n) is 7.03. The van der Waals surface area contributed by atoms with Crippen LogP contribution in [0, 0.1) is 0 Å². The fourth-order valence-electron chi connectivity index (χ4n) is 3.59. The zero-order chi connectivity index (χ0) is 19.5. The molecule has 3 heterocycles. The lowest BCUT2D eigenvalue weighted by Gasteiger charge is -2.31. The molecule has 2 aromatic rings. The summed E-state index contributed by atoms with van der Waals surface area (Å²) < 4.78 is 5.70. The zero-order valence-electron chi connectivity index (χ0n) is 15.5. The van der Waals surface area contributed by atoms with E-state index in [0.29, 0.717) is 49.9 Å². The summed E-state index contributed by atoms with van der Waals surface area (Å²) in [6, 6.07) is 7.44. The van der Waals surface area contributed by atoms with Crippen LogP contribution in [-0.4, -0.2) is 68.1 Å². The summed E-state index contributed by atoms with van der Waals surface area (Å²) in [7, 11) is 0. The van der Waals surface area contributed by atoms with Crippen LogP contribution in [0.25, 0.3) is 0 Å². The minimum atomic E-state index is -0.431. The number of rotatable bonds is 5. The van der Waals surface area contributed by atoms with Crippen molar-refractivity contribution >= 4 is 11.8 Å². The Hall–Kier alpha value is -2.78. The third-order valence-corrected chi connectivity index (χ3v) is 5.06. The molecule has 4 rings (SSSR count). The third kappa shape index (κ3) is 3.90. The Balaban J connectivity index is 1.44. The third-order valence-electron chi connectivity index (χ3n) is 5.06. The number of carbonyl (C=O) groups excluding carboxylic acids is 2. The predicted octanol–water partition coefficient (Wildman–Crippen LogP) is 0.633. The number of nitrogens with zero attached hydrogens (tertiary/aromatic N) is 4. The van der Waals surface area contributed by atoms with Gasteiger partial charge in [0, 0.05) is 31.6 Å². The fraction of sp³-hybridized carbons (Fsp3) is 0.474. The van der Waals surface area contributed by atoms with Crippen LogP contribution in [0.3, 0.4) is 0 Å². The molecule has 9 nitrogen and oxygen atoms in total. The number of aliphatic hydroxyl groups is 1. The molecule has 0 aliphatic carbocycles. The van der Waals surface area contributed by atoms with Crippen molar-refractivity contribution in [3.63, 3.8) is 0 Å². The molecule has 1 unspecified atom stereocenters. The van der Waals surface area contributed by atoms with Crippen LogP contribution in [0.5, 0.6) is 0 Å². The highest BCUT2D eigenvalue weighted by atomic mass is 16.5. The monoisotopic (exact) mass is 385 g/mol. The van der Waals surface area contributed by atoms with E-state index in [1.807, 2.05) is 23.1 Å². The minimum absolute atomic E-state index is 0.0826. The number of amides is 2. The molecular formula is C19H23N5O4. The van der Waals surface area contributed by atoms with Gasteiger partial charge in [-0.15, -0.1) is 0 Å². The first-order valence-corrected chi connectivity index (χ1v) is 9.43. The molecule has 0 saturated carbocycles. The van der Waals surface area contributed by atoms with Crippen molar-refractivity contribution in [2.45, 2.75) is 32.1 Å². The van der Waals surface area contributed by atoms with E-state index in [9.17, 15) is 9.59 Å². The maximum atomic E-state index is 13.0. The Morgan fingerprint density at radius 3 is 3.00 bits per heavy atom. The molecule has 2 aliphatic rings. The maximum Gasteiger partial charge on any atom is 0.254 e. The largest absolute Gasteiger partial charge is 0.388 e. The van der Waals surface area contributed by atoms with Crippen molar-refractivity contribution in [3.05, 3.63) is 47.0 Å². The second kappa shape index (κ2) is 8.07. The quantitative estimate of drug-likeness (QED) is 0.781. The van der Waals surface area contributed by atoms with Gasteiger partial charge < -0.3 is 19.6 Å². The molecule has 2 amide bonds. The van der Waals surface area contributed by atoms with Gasteiger partial charge in [0.1, 0.15) is 18.5 Å². The highest BCUT2D eigenvalue weighted by Crippen LogP contribution is 2.22. The number of nitrogens with one attached hydrogen (secondary N) is 1. The topological polar surface area (TPSA) is 112 Å². The van der Waals surface area contributed by atoms with Gasteiger partial charge in [-0.25, -0.2) is 4.98 Å². The van der Waals surface area contributed by atoms with Gasteiger partial charge in [-0.2, -0.15) is 5.10 Å². The standard InChI is InChI=1S/C19H23N5O4/c25-12-16-20-18(22-21-16)15-11-24(7-8-28-15)19(27)14-4-1-3-13(9-14)10-23-6-2-5-17(23)26/h1,3-4,9,15,25H,2,5-8,10-12H2,(H,20,21,22). The van der Waals surface area contributed by atoms with Gasteiger partial charge >= 0.3 is 0 Å². The van der Waals surface area contributed by atoms with Crippen LogP contribution >= 0.6 is 0 Å². The maximum absolute atomic E-state index is 13.0. The van der Waals surface area contributed by atoms with Gasteiger partial charge in [0.25, 0.3) is 5.91 Å². The van der Waals surface area contributed by atoms with E-state index < -0.39 is 6.10 Å². The van der Waals surface area contributed by atoms with Crippen molar-refractivity contribution in [2.75, 3.05) is 26.2 Å². The molecule has 2 N–H and O–H groups in total. The SMILES string of the molecule is O=C1CCCN1Cc1cccc(C(=O)N2CCOC(c3n[nH]c(CO)n3)C2)c1. The summed E-state index contributed by atoms with van der Waals surface area (Å²) in [5.74, 6) is 0.886. The number of aliphatic hydroxyl groups excluding tert-OH is 1. The van der Waals surface area contributed by atoms with Crippen LogP contribution in [0.1, 0.15) is 46.5 Å². The normalized spacial score (nSPS) is 20.0. The first-order valence-electron chi connectivity index (χ1n) is 9.43. The van der Waals surface area contributed by atoms with Gasteiger partial charge in [0.2, 0.25) is 5.91 Å². The summed E-state index contributed by atoms with van der Waals surface area (Å²) in [5, 5.41) is 15.8. The van der Waals surface area contributed by atoms with Crippen molar-refractivity contribution in [1.82, 2.24) is 25.0 Å². The van der Waals surface area contributed by atoms with Crippen molar-refractivity contribution in [3.8, 4) is 0 Å². The van der Waals surface area contributed by atoms with Crippen LogP contribution in [-0.2, 0) is 22.7 Å². The number of aromatic nitrogens is 3. The van der Waals surface area contributed by atoms with Crippen molar-refractivity contribution in [2.24, 2.45) is 0 Å². The Morgan fingerprint density at radius 1 is 1.36 bits per heavy atom. The van der Waals surface area contributed by atoms with Crippen LogP contribution in [0.15, 0.2) is 24.3 Å².